The summed E-state index contributed by atoms with van der Waals surface area (Å²) in [4.78, 5) is 35.2. The van der Waals surface area contributed by atoms with Crippen molar-refractivity contribution >= 4 is 19.8 Å². The molecule has 0 heterocycles. The fourth-order valence-corrected chi connectivity index (χ4v) is 8.98. The van der Waals surface area contributed by atoms with E-state index in [0.29, 0.717) is 6.42 Å². The van der Waals surface area contributed by atoms with Gasteiger partial charge in [-0.3, -0.25) is 18.6 Å². The van der Waals surface area contributed by atoms with Crippen LogP contribution in [0.25, 0.3) is 0 Å². The smallest absolute Gasteiger partial charge is 0.462 e. The van der Waals surface area contributed by atoms with E-state index in [1.165, 1.54) is 128 Å². The van der Waals surface area contributed by atoms with Crippen LogP contribution in [0.5, 0.6) is 0 Å². The van der Waals surface area contributed by atoms with Gasteiger partial charge in [-0.25, -0.2) is 4.57 Å². The molecule has 75 heavy (non-hydrogen) atoms. The number of rotatable bonds is 56. The van der Waals surface area contributed by atoms with Crippen molar-refractivity contribution in [2.75, 3.05) is 26.4 Å². The monoisotopic (exact) mass is 1070 g/mol. The lowest BCUT2D eigenvalue weighted by molar-refractivity contribution is -0.161. The number of ether oxygens (including phenoxy) is 2. The summed E-state index contributed by atoms with van der Waals surface area (Å²) in [6.45, 7) is 3.61. The number of allylic oxidation sites excluding steroid dienone is 18. The molecule has 2 unspecified atom stereocenters. The highest BCUT2D eigenvalue weighted by Gasteiger charge is 2.26. The second-order valence-electron chi connectivity index (χ2n) is 19.8. The van der Waals surface area contributed by atoms with Crippen LogP contribution in [0.3, 0.4) is 0 Å². The zero-order valence-electron chi connectivity index (χ0n) is 48.0. The Morgan fingerprint density at radius 2 is 0.733 bits per heavy atom. The Balaban J connectivity index is 4.07. The molecule has 0 aromatic rings. The van der Waals surface area contributed by atoms with Gasteiger partial charge in [0, 0.05) is 19.4 Å². The van der Waals surface area contributed by atoms with E-state index in [1.54, 1.807) is 0 Å². The first-order valence-corrected chi connectivity index (χ1v) is 31.9. The quantitative estimate of drug-likeness (QED) is 0.0264. The summed E-state index contributed by atoms with van der Waals surface area (Å²) in [5, 5.41) is 0. The Morgan fingerprint density at radius 1 is 0.413 bits per heavy atom. The number of unbranched alkanes of at least 4 members (excludes halogenated alkanes) is 25. The lowest BCUT2D eigenvalue weighted by Crippen LogP contribution is -2.29. The van der Waals surface area contributed by atoms with Crippen molar-refractivity contribution in [3.63, 3.8) is 0 Å². The number of hydrogen-bond acceptors (Lipinski definition) is 8. The van der Waals surface area contributed by atoms with E-state index in [-0.39, 0.29) is 38.6 Å². The topological polar surface area (TPSA) is 134 Å². The zero-order chi connectivity index (χ0) is 54.5. The summed E-state index contributed by atoms with van der Waals surface area (Å²) in [5.74, 6) is -0.864. The molecular formula is C65H112NO8P. The van der Waals surface area contributed by atoms with E-state index in [0.717, 1.165) is 96.3 Å². The van der Waals surface area contributed by atoms with E-state index >= 15 is 0 Å². The molecule has 0 rings (SSSR count). The van der Waals surface area contributed by atoms with Crippen molar-refractivity contribution in [2.24, 2.45) is 5.73 Å². The first kappa shape index (κ1) is 71.7. The highest BCUT2D eigenvalue weighted by Crippen LogP contribution is 2.43. The van der Waals surface area contributed by atoms with Crippen LogP contribution in [0.2, 0.25) is 0 Å². The second-order valence-corrected chi connectivity index (χ2v) is 21.3. The van der Waals surface area contributed by atoms with Crippen LogP contribution in [-0.4, -0.2) is 49.3 Å². The molecule has 0 saturated carbocycles. The summed E-state index contributed by atoms with van der Waals surface area (Å²) in [7, 11) is -4.40. The van der Waals surface area contributed by atoms with Crippen LogP contribution in [-0.2, 0) is 32.7 Å². The second kappa shape index (κ2) is 59.9. The number of esters is 2. The van der Waals surface area contributed by atoms with Gasteiger partial charge in [0.2, 0.25) is 0 Å². The summed E-state index contributed by atoms with van der Waals surface area (Å²) in [5.41, 5.74) is 5.38. The molecule has 10 heteroatoms. The van der Waals surface area contributed by atoms with Crippen molar-refractivity contribution in [2.45, 2.75) is 264 Å². The average molecular weight is 1070 g/mol. The van der Waals surface area contributed by atoms with E-state index in [2.05, 4.69) is 123 Å². The number of nitrogens with two attached hydrogens (primary N) is 1. The molecule has 9 nitrogen and oxygen atoms in total. The van der Waals surface area contributed by atoms with E-state index in [9.17, 15) is 19.0 Å². The van der Waals surface area contributed by atoms with Gasteiger partial charge in [0.1, 0.15) is 6.61 Å². The Kier molecular flexibility index (Phi) is 57.2. The largest absolute Gasteiger partial charge is 0.472 e. The number of carbonyl (C=O) groups is 2. The minimum absolute atomic E-state index is 0.0431. The molecule has 0 saturated heterocycles. The van der Waals surface area contributed by atoms with E-state index in [4.69, 9.17) is 24.3 Å². The fraction of sp³-hybridized carbons (Fsp3) is 0.692. The van der Waals surface area contributed by atoms with Crippen molar-refractivity contribution in [3.05, 3.63) is 109 Å². The summed E-state index contributed by atoms with van der Waals surface area (Å²) < 4.78 is 33.0. The van der Waals surface area contributed by atoms with Gasteiger partial charge in [-0.05, 0) is 83.5 Å². The molecular weight excluding hydrogens is 954 g/mol. The van der Waals surface area contributed by atoms with Gasteiger partial charge < -0.3 is 20.1 Å². The molecule has 0 aliphatic carbocycles. The fourth-order valence-electron chi connectivity index (χ4n) is 8.22. The van der Waals surface area contributed by atoms with Crippen molar-refractivity contribution in [1.29, 1.82) is 0 Å². The van der Waals surface area contributed by atoms with Crippen molar-refractivity contribution < 1.29 is 37.6 Å². The Hall–Kier alpha value is -3.33. The third kappa shape index (κ3) is 59.8. The van der Waals surface area contributed by atoms with Gasteiger partial charge in [0.05, 0.1) is 13.2 Å². The molecule has 2 atom stereocenters. The highest BCUT2D eigenvalue weighted by atomic mass is 31.2. The van der Waals surface area contributed by atoms with Crippen LogP contribution in [0, 0.1) is 0 Å². The van der Waals surface area contributed by atoms with Crippen LogP contribution in [0.1, 0.15) is 258 Å². The SMILES string of the molecule is CC/C=C\C/C=C\C/C=C\C/C=C\C/C=C\C/C=C\C/C=C\C/C=C\C/C=C\CCCCCC(=O)OC(COC(=O)CCCCCCCCCCCCCCCCCCCCCCCCC)COP(=O)(O)OCCN. The first-order chi connectivity index (χ1) is 36.8. The van der Waals surface area contributed by atoms with Gasteiger partial charge in [0.25, 0.3) is 0 Å². The maximum absolute atomic E-state index is 12.7. The molecule has 0 fully saturated rings. The predicted octanol–water partition coefficient (Wildman–Crippen LogP) is 19.4. The molecule has 0 aliphatic heterocycles. The van der Waals surface area contributed by atoms with E-state index < -0.39 is 26.5 Å². The highest BCUT2D eigenvalue weighted by molar-refractivity contribution is 7.47. The van der Waals surface area contributed by atoms with Crippen molar-refractivity contribution in [1.82, 2.24) is 0 Å². The van der Waals surface area contributed by atoms with Crippen LogP contribution < -0.4 is 5.73 Å². The maximum Gasteiger partial charge on any atom is 0.472 e. The van der Waals surface area contributed by atoms with Gasteiger partial charge in [0.15, 0.2) is 6.10 Å². The van der Waals surface area contributed by atoms with Crippen LogP contribution in [0.4, 0.5) is 0 Å². The first-order valence-electron chi connectivity index (χ1n) is 30.4. The molecule has 0 aromatic carbocycles. The summed E-state index contributed by atoms with van der Waals surface area (Å²) in [6, 6.07) is 0. The third-order valence-corrected chi connectivity index (χ3v) is 13.7. The van der Waals surface area contributed by atoms with E-state index in [1.807, 2.05) is 0 Å². The molecule has 0 aromatic heterocycles. The molecule has 0 radical (unpaired) electrons. The Morgan fingerprint density at radius 3 is 1.09 bits per heavy atom. The number of carbonyl (C=O) groups excluding carboxylic acids is 2. The number of phosphoric acid groups is 1. The molecule has 0 amide bonds. The third-order valence-electron chi connectivity index (χ3n) is 12.7. The summed E-state index contributed by atoms with van der Waals surface area (Å²) in [6.07, 6.45) is 81.5. The van der Waals surface area contributed by atoms with Crippen molar-refractivity contribution in [3.8, 4) is 0 Å². The molecule has 3 N–H and O–H groups in total. The van der Waals surface area contributed by atoms with Gasteiger partial charge >= 0.3 is 19.8 Å². The molecule has 0 aliphatic rings. The van der Waals surface area contributed by atoms with Crippen LogP contribution in [0.15, 0.2) is 109 Å². The molecule has 0 bridgehead atoms. The van der Waals surface area contributed by atoms with Crippen LogP contribution >= 0.6 is 7.82 Å². The Labute approximate surface area is 460 Å². The normalized spacial score (nSPS) is 13.8. The standard InChI is InChI=1S/C65H112NO8P/c1-3-5-7-9-11-13-15-17-19-21-23-25-27-28-29-30-31-32-33-34-36-38-40-42-44-46-48-50-52-54-56-58-65(68)74-63(62-73-75(69,70)72-60-59-66)61-71-64(67)57-55-53-51-49-47-45-43-41-39-37-35-26-24-22-20-18-16-14-12-10-8-6-4-2/h5,7,11,13,17,19,23,25,28-29,31-32,34,36,40,42,46,48,63H,3-4,6,8-10,12,14-16,18,20-22,24,26-27,30,33,35,37-39,41,43-45,47,49-62,66H2,1-2H3,(H,69,70)/b7-5-,13-11-,19-17-,25-23-,29-28-,32-31-,36-34-,42-40-,48-46-. The van der Waals surface area contributed by atoms with Gasteiger partial charge in [-0.1, -0.05) is 271 Å². The zero-order valence-corrected chi connectivity index (χ0v) is 48.9. The minimum atomic E-state index is -4.40. The summed E-state index contributed by atoms with van der Waals surface area (Å²) >= 11 is 0. The minimum Gasteiger partial charge on any atom is -0.462 e. The maximum atomic E-state index is 12.7. The number of phosphoric ester groups is 1. The Bertz CT molecular complexity index is 1590. The lowest BCUT2D eigenvalue weighted by atomic mass is 10.0. The predicted molar refractivity (Wildman–Crippen MR) is 321 cm³/mol. The van der Waals surface area contributed by atoms with Gasteiger partial charge in [-0.15, -0.1) is 0 Å². The molecule has 430 valence electrons. The van der Waals surface area contributed by atoms with Gasteiger partial charge in [-0.2, -0.15) is 0 Å². The number of hydrogen-bond donors (Lipinski definition) is 2. The average Bonchev–Trinajstić information content (AvgIpc) is 3.40. The lowest BCUT2D eigenvalue weighted by Gasteiger charge is -2.19. The molecule has 0 spiro atoms.